The minimum atomic E-state index is 0. The molecule has 138 valence electrons. The van der Waals surface area contributed by atoms with Gasteiger partial charge in [0.15, 0.2) is 11.5 Å². The Balaban J connectivity index is 0.00000150. The lowest BCUT2D eigenvalue weighted by Crippen LogP contribution is -2.01. The summed E-state index contributed by atoms with van der Waals surface area (Å²) in [7, 11) is 1.65. The van der Waals surface area contributed by atoms with Crippen LogP contribution in [0.2, 0.25) is 0 Å². The van der Waals surface area contributed by atoms with Crippen LogP contribution in [0.4, 0.5) is 5.82 Å². The predicted molar refractivity (Wildman–Crippen MR) is 106 cm³/mol. The van der Waals surface area contributed by atoms with Gasteiger partial charge in [0.05, 0.1) is 18.5 Å². The molecule has 0 spiro atoms. The molecular formula is C20H21N5O2. The second kappa shape index (κ2) is 7.35. The standard InChI is InChI=1S/C20H17N5O2.2H2/c1-26-12-14-9-5-6-10-15(14)16-11-22-18(21)17(23-16)20-25-24-19(27-20)13-7-3-2-4-8-13;;/h2-11H,12H2,1H3,(H2,21,22);2*1H. The maximum absolute atomic E-state index is 6.02. The van der Waals surface area contributed by atoms with Crippen molar-refractivity contribution < 1.29 is 12.0 Å². The minimum Gasteiger partial charge on any atom is -0.414 e. The summed E-state index contributed by atoms with van der Waals surface area (Å²) >= 11 is 0. The van der Waals surface area contributed by atoms with E-state index in [1.807, 2.05) is 54.6 Å². The number of anilines is 1. The minimum absolute atomic E-state index is 0. The third kappa shape index (κ3) is 3.40. The zero-order chi connectivity index (χ0) is 18.6. The summed E-state index contributed by atoms with van der Waals surface area (Å²) in [5.41, 5.74) is 9.77. The van der Waals surface area contributed by atoms with Crippen LogP contribution >= 0.6 is 0 Å². The molecule has 2 N–H and O–H groups in total. The molecule has 0 aliphatic carbocycles. The molecule has 2 heterocycles. The van der Waals surface area contributed by atoms with E-state index in [-0.39, 0.29) is 14.6 Å². The number of nitrogens with zero attached hydrogens (tertiary/aromatic N) is 4. The number of hydrogen-bond acceptors (Lipinski definition) is 7. The molecule has 0 atom stereocenters. The Hall–Kier alpha value is -3.58. The van der Waals surface area contributed by atoms with Crippen LogP contribution in [-0.4, -0.2) is 27.3 Å². The number of ether oxygens (including phenoxy) is 1. The quantitative estimate of drug-likeness (QED) is 0.570. The molecule has 4 rings (SSSR count). The Morgan fingerprint density at radius 3 is 2.56 bits per heavy atom. The van der Waals surface area contributed by atoms with Crippen LogP contribution in [0.5, 0.6) is 0 Å². The molecule has 2 aromatic carbocycles. The highest BCUT2D eigenvalue weighted by atomic mass is 16.5. The summed E-state index contributed by atoms with van der Waals surface area (Å²) in [5, 5.41) is 8.19. The number of rotatable bonds is 5. The summed E-state index contributed by atoms with van der Waals surface area (Å²) in [6.45, 7) is 0.469. The summed E-state index contributed by atoms with van der Waals surface area (Å²) < 4.78 is 11.0. The Morgan fingerprint density at radius 1 is 1.00 bits per heavy atom. The van der Waals surface area contributed by atoms with Gasteiger partial charge in [-0.05, 0) is 17.7 Å². The second-order valence-corrected chi connectivity index (χ2v) is 5.86. The maximum Gasteiger partial charge on any atom is 0.270 e. The molecule has 0 unspecified atom stereocenters. The average molecular weight is 363 g/mol. The van der Waals surface area contributed by atoms with E-state index in [1.54, 1.807) is 13.3 Å². The van der Waals surface area contributed by atoms with Crippen molar-refractivity contribution in [2.24, 2.45) is 0 Å². The zero-order valence-electron chi connectivity index (χ0n) is 14.7. The van der Waals surface area contributed by atoms with Crippen LogP contribution in [-0.2, 0) is 11.3 Å². The van der Waals surface area contributed by atoms with E-state index in [4.69, 9.17) is 14.9 Å². The first-order valence-corrected chi connectivity index (χ1v) is 8.35. The fraction of sp³-hybridized carbons (Fsp3) is 0.100. The largest absolute Gasteiger partial charge is 0.414 e. The molecule has 0 fully saturated rings. The molecule has 0 bridgehead atoms. The highest BCUT2D eigenvalue weighted by Gasteiger charge is 2.17. The van der Waals surface area contributed by atoms with Crippen molar-refractivity contribution in [1.82, 2.24) is 20.2 Å². The lowest BCUT2D eigenvalue weighted by atomic mass is 10.1. The highest BCUT2D eigenvalue weighted by molar-refractivity contribution is 5.70. The summed E-state index contributed by atoms with van der Waals surface area (Å²) in [4.78, 5) is 8.89. The van der Waals surface area contributed by atoms with Crippen LogP contribution in [0.25, 0.3) is 34.3 Å². The third-order valence-electron chi connectivity index (χ3n) is 4.04. The van der Waals surface area contributed by atoms with Gasteiger partial charge in [0, 0.05) is 21.1 Å². The van der Waals surface area contributed by atoms with Crippen molar-refractivity contribution in [1.29, 1.82) is 0 Å². The fourth-order valence-electron chi connectivity index (χ4n) is 2.75. The summed E-state index contributed by atoms with van der Waals surface area (Å²) in [6.07, 6.45) is 1.63. The van der Waals surface area contributed by atoms with Gasteiger partial charge in [-0.25, -0.2) is 9.97 Å². The van der Waals surface area contributed by atoms with Crippen molar-refractivity contribution in [2.45, 2.75) is 6.61 Å². The number of hydrogen-bond donors (Lipinski definition) is 1. The van der Waals surface area contributed by atoms with Gasteiger partial charge in [0.1, 0.15) is 0 Å². The third-order valence-corrected chi connectivity index (χ3v) is 4.04. The van der Waals surface area contributed by atoms with Crippen LogP contribution in [0.1, 0.15) is 8.42 Å². The normalized spacial score (nSPS) is 10.9. The second-order valence-electron chi connectivity index (χ2n) is 5.86. The van der Waals surface area contributed by atoms with E-state index >= 15 is 0 Å². The van der Waals surface area contributed by atoms with E-state index in [9.17, 15) is 0 Å². The molecule has 0 aliphatic rings. The van der Waals surface area contributed by atoms with Gasteiger partial charge in [-0.2, -0.15) is 0 Å². The number of nitrogen functional groups attached to an aromatic ring is 1. The molecule has 7 nitrogen and oxygen atoms in total. The van der Waals surface area contributed by atoms with Crippen LogP contribution in [0, 0.1) is 0 Å². The number of methoxy groups -OCH3 is 1. The van der Waals surface area contributed by atoms with Gasteiger partial charge >= 0.3 is 0 Å². The summed E-state index contributed by atoms with van der Waals surface area (Å²) in [5.74, 6) is 0.855. The predicted octanol–water partition coefficient (Wildman–Crippen LogP) is 4.08. The van der Waals surface area contributed by atoms with Crippen molar-refractivity contribution >= 4 is 5.82 Å². The molecule has 0 saturated carbocycles. The first kappa shape index (κ1) is 16.9. The zero-order valence-corrected chi connectivity index (χ0v) is 14.7. The molecular weight excluding hydrogens is 342 g/mol. The molecule has 0 amide bonds. The summed E-state index contributed by atoms with van der Waals surface area (Å²) in [6, 6.07) is 17.3. The molecule has 27 heavy (non-hydrogen) atoms. The van der Waals surface area contributed by atoms with Crippen LogP contribution in [0.3, 0.4) is 0 Å². The number of aromatic nitrogens is 4. The Labute approximate surface area is 158 Å². The first-order chi connectivity index (χ1) is 13.3. The van der Waals surface area contributed by atoms with E-state index in [2.05, 4.69) is 20.2 Å². The molecule has 4 aromatic rings. The van der Waals surface area contributed by atoms with E-state index < -0.39 is 0 Å². The Kier molecular flexibility index (Phi) is 4.59. The molecule has 0 radical (unpaired) electrons. The van der Waals surface area contributed by atoms with Crippen molar-refractivity contribution in [3.8, 4) is 34.3 Å². The van der Waals surface area contributed by atoms with E-state index in [1.165, 1.54) is 0 Å². The molecule has 2 aromatic heterocycles. The van der Waals surface area contributed by atoms with Gasteiger partial charge in [-0.15, -0.1) is 10.2 Å². The van der Waals surface area contributed by atoms with Crippen LogP contribution in [0.15, 0.2) is 65.2 Å². The van der Waals surface area contributed by atoms with Crippen molar-refractivity contribution in [2.75, 3.05) is 12.8 Å². The molecule has 7 heteroatoms. The Morgan fingerprint density at radius 2 is 1.74 bits per heavy atom. The molecule has 0 saturated heterocycles. The van der Waals surface area contributed by atoms with Gasteiger partial charge in [0.25, 0.3) is 5.89 Å². The van der Waals surface area contributed by atoms with Crippen LogP contribution < -0.4 is 5.73 Å². The Bertz CT molecular complexity index is 1070. The lowest BCUT2D eigenvalue weighted by Gasteiger charge is -2.09. The molecule has 0 aliphatic heterocycles. The van der Waals surface area contributed by atoms with E-state index in [0.29, 0.717) is 23.9 Å². The first-order valence-electron chi connectivity index (χ1n) is 8.35. The van der Waals surface area contributed by atoms with Crippen molar-refractivity contribution in [3.63, 3.8) is 0 Å². The smallest absolute Gasteiger partial charge is 0.270 e. The lowest BCUT2D eigenvalue weighted by molar-refractivity contribution is 0.185. The van der Waals surface area contributed by atoms with Gasteiger partial charge in [-0.1, -0.05) is 42.5 Å². The number of nitrogens with two attached hydrogens (primary N) is 1. The fourth-order valence-corrected chi connectivity index (χ4v) is 2.75. The maximum atomic E-state index is 6.02. The monoisotopic (exact) mass is 363 g/mol. The van der Waals surface area contributed by atoms with Crippen molar-refractivity contribution in [3.05, 3.63) is 66.4 Å². The van der Waals surface area contributed by atoms with Gasteiger partial charge in [0.2, 0.25) is 5.89 Å². The average Bonchev–Trinajstić information content (AvgIpc) is 3.20. The topological polar surface area (TPSA) is 100.0 Å². The van der Waals surface area contributed by atoms with Gasteiger partial charge in [-0.3, -0.25) is 0 Å². The SMILES string of the molecule is COCc1ccccc1-c1cnc(N)c(-c2nnc(-c3ccccc3)o2)n1.[HH].[HH]. The highest BCUT2D eigenvalue weighted by Crippen LogP contribution is 2.29. The van der Waals surface area contributed by atoms with Gasteiger partial charge < -0.3 is 14.9 Å². The van der Waals surface area contributed by atoms with E-state index in [0.717, 1.165) is 16.7 Å². The number of benzene rings is 2.